The van der Waals surface area contributed by atoms with Gasteiger partial charge in [-0.1, -0.05) is 23.7 Å². The number of amides is 1. The van der Waals surface area contributed by atoms with E-state index in [1.807, 2.05) is 17.0 Å². The summed E-state index contributed by atoms with van der Waals surface area (Å²) in [7, 11) is 4.13. The van der Waals surface area contributed by atoms with Crippen LogP contribution in [0.15, 0.2) is 29.3 Å². The number of guanidine groups is 1. The van der Waals surface area contributed by atoms with Gasteiger partial charge < -0.3 is 20.0 Å². The first-order valence-corrected chi connectivity index (χ1v) is 9.50. The minimum atomic E-state index is 0. The van der Waals surface area contributed by atoms with Crippen LogP contribution in [0.25, 0.3) is 0 Å². The number of aliphatic imine (C=N–C) groups is 1. The molecule has 27 heavy (non-hydrogen) atoms. The third-order valence-corrected chi connectivity index (χ3v) is 4.90. The van der Waals surface area contributed by atoms with E-state index in [1.54, 1.807) is 6.92 Å². The molecule has 0 radical (unpaired) electrons. The summed E-state index contributed by atoms with van der Waals surface area (Å²) in [6, 6.07) is 8.13. The van der Waals surface area contributed by atoms with Gasteiger partial charge >= 0.3 is 0 Å². The molecular formula is C19H31ClIN5O. The molecule has 152 valence electrons. The average molecular weight is 508 g/mol. The van der Waals surface area contributed by atoms with E-state index < -0.39 is 0 Å². The van der Waals surface area contributed by atoms with Crippen molar-refractivity contribution in [3.05, 3.63) is 34.9 Å². The first-order chi connectivity index (χ1) is 12.4. The van der Waals surface area contributed by atoms with Gasteiger partial charge in [-0.2, -0.15) is 0 Å². The third-order valence-electron chi connectivity index (χ3n) is 4.65. The Balaban J connectivity index is 0.00000364. The van der Waals surface area contributed by atoms with Gasteiger partial charge in [0.25, 0.3) is 0 Å². The van der Waals surface area contributed by atoms with Crippen LogP contribution in [-0.4, -0.2) is 79.9 Å². The number of rotatable bonds is 5. The van der Waals surface area contributed by atoms with Gasteiger partial charge in [0.15, 0.2) is 5.96 Å². The predicted octanol–water partition coefficient (Wildman–Crippen LogP) is 2.69. The van der Waals surface area contributed by atoms with Crippen molar-refractivity contribution in [2.45, 2.75) is 19.9 Å². The van der Waals surface area contributed by atoms with Crippen LogP contribution < -0.4 is 5.32 Å². The van der Waals surface area contributed by atoms with Crippen molar-refractivity contribution >= 4 is 47.4 Å². The largest absolute Gasteiger partial charge is 0.357 e. The van der Waals surface area contributed by atoms with Crippen LogP contribution in [-0.2, 0) is 4.79 Å². The Bertz CT molecular complexity index is 615. The van der Waals surface area contributed by atoms with E-state index >= 15 is 0 Å². The van der Waals surface area contributed by atoms with Crippen LogP contribution in [0.2, 0.25) is 5.02 Å². The van der Waals surface area contributed by atoms with Gasteiger partial charge in [0.05, 0.1) is 12.6 Å². The van der Waals surface area contributed by atoms with Crippen LogP contribution in [0.1, 0.15) is 25.5 Å². The van der Waals surface area contributed by atoms with E-state index in [1.165, 1.54) is 5.56 Å². The summed E-state index contributed by atoms with van der Waals surface area (Å²) in [6.07, 6.45) is 0. The molecule has 0 aliphatic carbocycles. The molecule has 1 atom stereocenters. The monoisotopic (exact) mass is 507 g/mol. The molecule has 1 aliphatic rings. The smallest absolute Gasteiger partial charge is 0.219 e. The summed E-state index contributed by atoms with van der Waals surface area (Å²) in [5.74, 6) is 1.05. The molecule has 0 spiro atoms. The third kappa shape index (κ3) is 7.12. The SMILES string of the molecule is CCNC(=NCC(c1ccc(Cl)cc1)N(C)C)N1CCN(C(C)=O)CC1.I. The molecule has 1 aromatic carbocycles. The molecule has 1 saturated heterocycles. The maximum Gasteiger partial charge on any atom is 0.219 e. The Morgan fingerprint density at radius 3 is 2.22 bits per heavy atom. The fourth-order valence-electron chi connectivity index (χ4n) is 3.08. The number of hydrogen-bond donors (Lipinski definition) is 1. The molecule has 1 amide bonds. The standard InChI is InChI=1S/C19H30ClN5O.HI/c1-5-21-19(25-12-10-24(11-13-25)15(2)26)22-14-18(23(3)4)16-6-8-17(20)9-7-16;/h6-9,18H,5,10-14H2,1-4H3,(H,21,22);1H. The number of nitrogens with zero attached hydrogens (tertiary/aromatic N) is 4. The number of hydrogen-bond acceptors (Lipinski definition) is 3. The lowest BCUT2D eigenvalue weighted by Gasteiger charge is -2.36. The topological polar surface area (TPSA) is 51.2 Å². The first-order valence-electron chi connectivity index (χ1n) is 9.13. The Hall–Kier alpha value is -1.06. The Kier molecular flexibility index (Phi) is 10.4. The van der Waals surface area contributed by atoms with Crippen LogP contribution >= 0.6 is 35.6 Å². The fourth-order valence-corrected chi connectivity index (χ4v) is 3.21. The summed E-state index contributed by atoms with van der Waals surface area (Å²) < 4.78 is 0. The van der Waals surface area contributed by atoms with Gasteiger partial charge in [-0.3, -0.25) is 9.79 Å². The van der Waals surface area contributed by atoms with Crippen molar-refractivity contribution in [3.63, 3.8) is 0 Å². The highest BCUT2D eigenvalue weighted by Crippen LogP contribution is 2.21. The number of carbonyl (C=O) groups is 1. The van der Waals surface area contributed by atoms with Crippen LogP contribution in [0, 0.1) is 0 Å². The van der Waals surface area contributed by atoms with Crippen molar-refractivity contribution < 1.29 is 4.79 Å². The van der Waals surface area contributed by atoms with Crippen molar-refractivity contribution in [1.29, 1.82) is 0 Å². The number of likely N-dealkylation sites (N-methyl/N-ethyl adjacent to an activating group) is 1. The van der Waals surface area contributed by atoms with E-state index in [0.717, 1.165) is 43.7 Å². The molecule has 8 heteroatoms. The number of benzene rings is 1. The van der Waals surface area contributed by atoms with E-state index in [4.69, 9.17) is 16.6 Å². The number of nitrogens with one attached hydrogen (secondary N) is 1. The van der Waals surface area contributed by atoms with Gasteiger partial charge in [-0.25, -0.2) is 0 Å². The highest BCUT2D eigenvalue weighted by atomic mass is 127. The van der Waals surface area contributed by atoms with Crippen LogP contribution in [0.5, 0.6) is 0 Å². The maximum atomic E-state index is 11.5. The Morgan fingerprint density at radius 1 is 1.19 bits per heavy atom. The maximum absolute atomic E-state index is 11.5. The number of halogens is 2. The summed E-state index contributed by atoms with van der Waals surface area (Å²) >= 11 is 6.01. The Morgan fingerprint density at radius 2 is 1.74 bits per heavy atom. The van der Waals surface area contributed by atoms with Gasteiger partial charge in [0.1, 0.15) is 0 Å². The van der Waals surface area contributed by atoms with E-state index in [2.05, 4.69) is 48.3 Å². The highest BCUT2D eigenvalue weighted by molar-refractivity contribution is 14.0. The molecule has 1 aliphatic heterocycles. The van der Waals surface area contributed by atoms with Crippen molar-refractivity contribution in [2.24, 2.45) is 4.99 Å². The zero-order chi connectivity index (χ0) is 19.1. The molecule has 2 rings (SSSR count). The second-order valence-corrected chi connectivity index (χ2v) is 7.16. The van der Waals surface area contributed by atoms with Gasteiger partial charge in [-0.05, 0) is 38.7 Å². The van der Waals surface area contributed by atoms with E-state index in [0.29, 0.717) is 6.54 Å². The lowest BCUT2D eigenvalue weighted by atomic mass is 10.1. The second-order valence-electron chi connectivity index (χ2n) is 6.72. The van der Waals surface area contributed by atoms with Crippen molar-refractivity contribution in [3.8, 4) is 0 Å². The Labute approximate surface area is 185 Å². The van der Waals surface area contributed by atoms with Gasteiger partial charge in [0.2, 0.25) is 5.91 Å². The molecule has 0 saturated carbocycles. The zero-order valence-corrected chi connectivity index (χ0v) is 19.7. The summed E-state index contributed by atoms with van der Waals surface area (Å²) in [4.78, 5) is 22.7. The lowest BCUT2D eigenvalue weighted by molar-refractivity contribution is -0.130. The zero-order valence-electron chi connectivity index (χ0n) is 16.6. The molecule has 1 N–H and O–H groups in total. The molecule has 1 aromatic rings. The predicted molar refractivity (Wildman–Crippen MR) is 123 cm³/mol. The summed E-state index contributed by atoms with van der Waals surface area (Å²) in [5, 5.41) is 4.13. The van der Waals surface area contributed by atoms with Crippen molar-refractivity contribution in [1.82, 2.24) is 20.0 Å². The van der Waals surface area contributed by atoms with Gasteiger partial charge in [0, 0.05) is 44.7 Å². The second kappa shape index (κ2) is 11.7. The molecular weight excluding hydrogens is 477 g/mol. The average Bonchev–Trinajstić information content (AvgIpc) is 2.62. The van der Waals surface area contributed by atoms with Crippen molar-refractivity contribution in [2.75, 3.05) is 53.4 Å². The molecule has 1 unspecified atom stereocenters. The highest BCUT2D eigenvalue weighted by Gasteiger charge is 2.21. The van der Waals surface area contributed by atoms with Crippen LogP contribution in [0.4, 0.5) is 0 Å². The minimum Gasteiger partial charge on any atom is -0.357 e. The first kappa shape index (κ1) is 24.0. The molecule has 0 aromatic heterocycles. The van der Waals surface area contributed by atoms with E-state index in [9.17, 15) is 4.79 Å². The fraction of sp³-hybridized carbons (Fsp3) is 0.579. The summed E-state index contributed by atoms with van der Waals surface area (Å²) in [6.45, 7) is 8.27. The van der Waals surface area contributed by atoms with E-state index in [-0.39, 0.29) is 35.9 Å². The quantitative estimate of drug-likeness (QED) is 0.378. The minimum absolute atomic E-state index is 0. The summed E-state index contributed by atoms with van der Waals surface area (Å²) in [5.41, 5.74) is 1.19. The molecule has 1 heterocycles. The number of piperazine rings is 1. The van der Waals surface area contributed by atoms with Crippen LogP contribution in [0.3, 0.4) is 0 Å². The van der Waals surface area contributed by atoms with Gasteiger partial charge in [-0.15, -0.1) is 24.0 Å². The number of carbonyl (C=O) groups excluding carboxylic acids is 1. The molecule has 6 nitrogen and oxygen atoms in total. The lowest BCUT2D eigenvalue weighted by Crippen LogP contribution is -2.53. The molecule has 1 fully saturated rings. The molecule has 0 bridgehead atoms. The normalized spacial score (nSPS) is 16.1.